The number of piperazine rings is 1. The Hall–Kier alpha value is -2.41. The maximum Gasteiger partial charge on any atom is 0.277 e. The number of nitrogens with two attached hydrogens (primary N) is 1. The van der Waals surface area contributed by atoms with Crippen LogP contribution in [0.5, 0.6) is 0 Å². The van der Waals surface area contributed by atoms with Crippen LogP contribution < -0.4 is 10.6 Å². The van der Waals surface area contributed by atoms with Crippen molar-refractivity contribution >= 4 is 28.8 Å². The topological polar surface area (TPSA) is 79.5 Å². The van der Waals surface area contributed by atoms with Crippen molar-refractivity contribution in [2.75, 3.05) is 31.1 Å². The van der Waals surface area contributed by atoms with E-state index in [0.29, 0.717) is 18.1 Å². The molecule has 0 saturated carbocycles. The van der Waals surface area contributed by atoms with Crippen molar-refractivity contribution in [1.29, 1.82) is 0 Å². The Morgan fingerprint density at radius 3 is 2.54 bits per heavy atom. The number of anilines is 1. The first-order valence-corrected chi connectivity index (χ1v) is 9.83. The fourth-order valence-electron chi connectivity index (χ4n) is 3.81. The summed E-state index contributed by atoms with van der Waals surface area (Å²) in [4.78, 5) is 34.2. The Kier molecular flexibility index (Phi) is 4.63. The van der Waals surface area contributed by atoms with E-state index in [1.807, 2.05) is 23.1 Å². The van der Waals surface area contributed by atoms with Crippen LogP contribution in [0.3, 0.4) is 0 Å². The third kappa shape index (κ3) is 3.19. The number of para-hydroxylation sites is 1. The molecule has 1 saturated heterocycles. The Bertz CT molecular complexity index is 812. The molecule has 0 radical (unpaired) electrons. The number of thiazole rings is 1. The third-order valence-corrected chi connectivity index (χ3v) is 6.32. The summed E-state index contributed by atoms with van der Waals surface area (Å²) in [5.41, 5.74) is 7.35. The van der Waals surface area contributed by atoms with Crippen molar-refractivity contribution in [3.63, 3.8) is 0 Å². The molecule has 1 aromatic heterocycles. The van der Waals surface area contributed by atoms with Crippen molar-refractivity contribution in [2.24, 2.45) is 5.73 Å². The van der Waals surface area contributed by atoms with Crippen molar-refractivity contribution in [2.45, 2.75) is 25.2 Å². The molecule has 2 heterocycles. The van der Waals surface area contributed by atoms with Gasteiger partial charge < -0.3 is 15.5 Å². The summed E-state index contributed by atoms with van der Waals surface area (Å²) in [5.74, 6) is -0.599. The molecule has 1 atom stereocenters. The molecule has 0 bridgehead atoms. The summed E-state index contributed by atoms with van der Waals surface area (Å²) >= 11 is 1.34. The molecule has 1 unspecified atom stereocenters. The van der Waals surface area contributed by atoms with Gasteiger partial charge in [0.1, 0.15) is 0 Å². The first kappa shape index (κ1) is 17.0. The van der Waals surface area contributed by atoms with Gasteiger partial charge >= 0.3 is 0 Å². The van der Waals surface area contributed by atoms with E-state index in [2.05, 4.69) is 22.0 Å². The molecule has 2 aromatic rings. The number of amides is 2. The van der Waals surface area contributed by atoms with E-state index in [0.717, 1.165) is 42.9 Å². The summed E-state index contributed by atoms with van der Waals surface area (Å²) in [6, 6.07) is 10.3. The Morgan fingerprint density at radius 1 is 1.12 bits per heavy atom. The van der Waals surface area contributed by atoms with Gasteiger partial charge in [-0.15, -0.1) is 11.3 Å². The molecule has 2 amide bonds. The van der Waals surface area contributed by atoms with Gasteiger partial charge in [-0.3, -0.25) is 9.59 Å². The zero-order valence-electron chi connectivity index (χ0n) is 14.6. The molecule has 136 valence electrons. The molecular formula is C19H22N4O2S. The number of nitrogens with zero attached hydrogens (tertiary/aromatic N) is 3. The van der Waals surface area contributed by atoms with Gasteiger partial charge in [-0.05, 0) is 31.4 Å². The molecule has 2 aliphatic rings. The van der Waals surface area contributed by atoms with Gasteiger partial charge in [0.05, 0.1) is 11.6 Å². The molecule has 6 nitrogen and oxygen atoms in total. The molecule has 7 heteroatoms. The standard InChI is InChI=1S/C19H22N4O2S/c20-17(24)18-21-16-14(7-4-8-15(16)26-18)19(25)23-11-9-22(10-12-23)13-5-2-1-3-6-13/h1-3,5-6,14H,4,7-12H2,(H2,20,24). The minimum atomic E-state index is -0.507. The largest absolute Gasteiger partial charge is 0.368 e. The highest BCUT2D eigenvalue weighted by Crippen LogP contribution is 2.36. The second kappa shape index (κ2) is 7.07. The molecule has 1 aliphatic heterocycles. The lowest BCUT2D eigenvalue weighted by atomic mass is 9.89. The van der Waals surface area contributed by atoms with Gasteiger partial charge in [0.2, 0.25) is 5.91 Å². The molecule has 1 aliphatic carbocycles. The number of benzene rings is 1. The van der Waals surface area contributed by atoms with Crippen LogP contribution in [0.2, 0.25) is 0 Å². The number of hydrogen-bond donors (Lipinski definition) is 1. The summed E-state index contributed by atoms with van der Waals surface area (Å²) in [6.45, 7) is 3.09. The smallest absolute Gasteiger partial charge is 0.277 e. The van der Waals surface area contributed by atoms with Crippen LogP contribution in [0.1, 0.15) is 39.1 Å². The third-order valence-electron chi connectivity index (χ3n) is 5.18. The molecule has 2 N–H and O–H groups in total. The Labute approximate surface area is 156 Å². The van der Waals surface area contributed by atoms with Gasteiger partial charge in [0.25, 0.3) is 5.91 Å². The highest BCUT2D eigenvalue weighted by molar-refractivity contribution is 7.13. The zero-order chi connectivity index (χ0) is 18.1. The lowest BCUT2D eigenvalue weighted by Gasteiger charge is -2.38. The predicted molar refractivity (Wildman–Crippen MR) is 102 cm³/mol. The fourth-order valence-corrected chi connectivity index (χ4v) is 4.83. The Morgan fingerprint density at radius 2 is 1.85 bits per heavy atom. The number of carbonyl (C=O) groups excluding carboxylic acids is 2. The van der Waals surface area contributed by atoms with Crippen LogP contribution in [0.15, 0.2) is 30.3 Å². The lowest BCUT2D eigenvalue weighted by Crippen LogP contribution is -2.50. The highest BCUT2D eigenvalue weighted by Gasteiger charge is 2.34. The van der Waals surface area contributed by atoms with E-state index in [9.17, 15) is 9.59 Å². The fraction of sp³-hybridized carbons (Fsp3) is 0.421. The second-order valence-electron chi connectivity index (χ2n) is 6.78. The van der Waals surface area contributed by atoms with Crippen LogP contribution in [0.4, 0.5) is 5.69 Å². The average Bonchev–Trinajstić information content (AvgIpc) is 3.13. The molecule has 4 rings (SSSR count). The number of primary amides is 1. The summed E-state index contributed by atoms with van der Waals surface area (Å²) in [7, 11) is 0. The SMILES string of the molecule is NC(=O)c1nc2c(s1)CCCC2C(=O)N1CCN(c2ccccc2)CC1. The van der Waals surface area contributed by atoms with Crippen molar-refractivity contribution in [1.82, 2.24) is 9.88 Å². The van der Waals surface area contributed by atoms with E-state index in [1.54, 1.807) is 0 Å². The molecule has 1 fully saturated rings. The molecule has 1 aromatic carbocycles. The number of hydrogen-bond acceptors (Lipinski definition) is 5. The number of aromatic nitrogens is 1. The van der Waals surface area contributed by atoms with Crippen LogP contribution in [0.25, 0.3) is 0 Å². The monoisotopic (exact) mass is 370 g/mol. The first-order chi connectivity index (χ1) is 12.6. The zero-order valence-corrected chi connectivity index (χ0v) is 15.4. The highest BCUT2D eigenvalue weighted by atomic mass is 32.1. The maximum absolute atomic E-state index is 13.1. The minimum Gasteiger partial charge on any atom is -0.368 e. The Balaban J connectivity index is 1.46. The van der Waals surface area contributed by atoms with Crippen LogP contribution in [-0.2, 0) is 11.2 Å². The van der Waals surface area contributed by atoms with E-state index in [4.69, 9.17) is 5.73 Å². The van der Waals surface area contributed by atoms with E-state index in [-0.39, 0.29) is 11.8 Å². The van der Waals surface area contributed by atoms with Crippen LogP contribution >= 0.6 is 11.3 Å². The maximum atomic E-state index is 13.1. The number of rotatable bonds is 3. The van der Waals surface area contributed by atoms with Gasteiger partial charge in [-0.25, -0.2) is 4.98 Å². The van der Waals surface area contributed by atoms with Gasteiger partial charge in [0.15, 0.2) is 5.01 Å². The van der Waals surface area contributed by atoms with Crippen molar-refractivity contribution in [3.05, 3.63) is 45.9 Å². The van der Waals surface area contributed by atoms with Crippen LogP contribution in [-0.4, -0.2) is 47.9 Å². The molecular weight excluding hydrogens is 348 g/mol. The van der Waals surface area contributed by atoms with E-state index < -0.39 is 5.91 Å². The number of carbonyl (C=O) groups is 2. The number of fused-ring (bicyclic) bond motifs is 1. The summed E-state index contributed by atoms with van der Waals surface area (Å²) in [6.07, 6.45) is 2.63. The predicted octanol–water partition coefficient (Wildman–Crippen LogP) is 2.01. The molecule has 0 spiro atoms. The minimum absolute atomic E-state index is 0.139. The average molecular weight is 370 g/mol. The van der Waals surface area contributed by atoms with Crippen LogP contribution in [0, 0.1) is 0 Å². The quantitative estimate of drug-likeness (QED) is 0.896. The van der Waals surface area contributed by atoms with Crippen molar-refractivity contribution < 1.29 is 9.59 Å². The normalized spacial score (nSPS) is 19.9. The first-order valence-electron chi connectivity index (χ1n) is 9.01. The van der Waals surface area contributed by atoms with Gasteiger partial charge in [-0.1, -0.05) is 18.2 Å². The van der Waals surface area contributed by atoms with E-state index in [1.165, 1.54) is 17.0 Å². The lowest BCUT2D eigenvalue weighted by molar-refractivity contribution is -0.133. The molecule has 26 heavy (non-hydrogen) atoms. The van der Waals surface area contributed by atoms with Crippen molar-refractivity contribution in [3.8, 4) is 0 Å². The summed E-state index contributed by atoms with van der Waals surface area (Å²) < 4.78 is 0. The summed E-state index contributed by atoms with van der Waals surface area (Å²) in [5, 5.41) is 0.323. The second-order valence-corrected chi connectivity index (χ2v) is 7.87. The van der Waals surface area contributed by atoms with Gasteiger partial charge in [-0.2, -0.15) is 0 Å². The number of aryl methyl sites for hydroxylation is 1. The van der Waals surface area contributed by atoms with E-state index >= 15 is 0 Å². The van der Waals surface area contributed by atoms with Gasteiger partial charge in [0, 0.05) is 36.7 Å².